The number of aliphatic hydroxyl groups excluding tert-OH is 1. The number of halogens is 2. The zero-order valence-corrected chi connectivity index (χ0v) is 12.7. The van der Waals surface area contributed by atoms with Gasteiger partial charge >= 0.3 is 0 Å². The molecule has 1 heterocycles. The Morgan fingerprint density at radius 1 is 1.47 bits per heavy atom. The number of rotatable bonds is 5. The highest BCUT2D eigenvalue weighted by Gasteiger charge is 2.15. The number of nitrogens with zero attached hydrogens (tertiary/aromatic N) is 3. The molecule has 0 spiro atoms. The van der Waals surface area contributed by atoms with Crippen molar-refractivity contribution in [2.24, 2.45) is 0 Å². The second-order valence-electron chi connectivity index (χ2n) is 4.29. The van der Waals surface area contributed by atoms with Gasteiger partial charge in [0.05, 0.1) is 6.10 Å². The summed E-state index contributed by atoms with van der Waals surface area (Å²) >= 11 is 2.02. The van der Waals surface area contributed by atoms with Gasteiger partial charge in [-0.1, -0.05) is 13.0 Å². The minimum atomic E-state index is -0.702. The summed E-state index contributed by atoms with van der Waals surface area (Å²) in [5.41, 5.74) is 0.716. The van der Waals surface area contributed by atoms with Gasteiger partial charge in [-0.25, -0.2) is 9.37 Å². The quantitative estimate of drug-likeness (QED) is 0.818. The molecule has 2 aromatic rings. The largest absolute Gasteiger partial charge is 0.388 e. The maximum atomic E-state index is 13.0. The lowest BCUT2D eigenvalue weighted by atomic mass is 10.1. The van der Waals surface area contributed by atoms with E-state index in [1.54, 1.807) is 10.7 Å². The number of hydrogen-bond donors (Lipinski definition) is 1. The Morgan fingerprint density at radius 3 is 2.95 bits per heavy atom. The van der Waals surface area contributed by atoms with Crippen LogP contribution in [0, 0.1) is 9.39 Å². The zero-order valence-electron chi connectivity index (χ0n) is 10.6. The van der Waals surface area contributed by atoms with Gasteiger partial charge in [0.1, 0.15) is 18.0 Å². The maximum absolute atomic E-state index is 13.0. The van der Waals surface area contributed by atoms with E-state index < -0.39 is 6.10 Å². The van der Waals surface area contributed by atoms with Crippen molar-refractivity contribution in [1.82, 2.24) is 14.8 Å². The molecule has 0 radical (unpaired) electrons. The summed E-state index contributed by atoms with van der Waals surface area (Å²) < 4.78 is 15.5. The average molecular weight is 375 g/mol. The second kappa shape index (κ2) is 6.42. The Hall–Kier alpha value is -1.02. The van der Waals surface area contributed by atoms with Gasteiger partial charge in [-0.2, -0.15) is 5.10 Å². The van der Waals surface area contributed by atoms with Crippen LogP contribution in [0.2, 0.25) is 0 Å². The van der Waals surface area contributed by atoms with Gasteiger partial charge in [-0.3, -0.25) is 4.68 Å². The normalized spacial score (nSPS) is 12.6. The summed E-state index contributed by atoms with van der Waals surface area (Å²) in [6.45, 7) is 2.84. The summed E-state index contributed by atoms with van der Waals surface area (Å²) in [5, 5.41) is 14.4. The number of benzene rings is 1. The molecule has 19 heavy (non-hydrogen) atoms. The minimum absolute atomic E-state index is 0.297. The van der Waals surface area contributed by atoms with Crippen LogP contribution in [0.3, 0.4) is 0 Å². The van der Waals surface area contributed by atoms with Crippen LogP contribution in [0.15, 0.2) is 24.5 Å². The second-order valence-corrected chi connectivity index (χ2v) is 5.45. The Kier molecular flexibility index (Phi) is 4.87. The Morgan fingerprint density at radius 2 is 2.26 bits per heavy atom. The Labute approximate surface area is 124 Å². The van der Waals surface area contributed by atoms with Gasteiger partial charge in [0, 0.05) is 16.5 Å². The molecule has 6 heteroatoms. The van der Waals surface area contributed by atoms with Gasteiger partial charge in [-0.05, 0) is 46.7 Å². The average Bonchev–Trinajstić information content (AvgIpc) is 2.77. The number of aliphatic hydroxyl groups is 1. The number of hydrogen-bond acceptors (Lipinski definition) is 3. The summed E-state index contributed by atoms with van der Waals surface area (Å²) in [6.07, 6.45) is 2.13. The Bertz CT molecular complexity index is 559. The smallest absolute Gasteiger partial charge is 0.138 e. The minimum Gasteiger partial charge on any atom is -0.388 e. The van der Waals surface area contributed by atoms with Gasteiger partial charge in [-0.15, -0.1) is 0 Å². The van der Waals surface area contributed by atoms with E-state index in [1.165, 1.54) is 18.5 Å². The molecule has 0 aliphatic carbocycles. The zero-order chi connectivity index (χ0) is 13.8. The molecule has 2 rings (SSSR count). The van der Waals surface area contributed by atoms with Crippen molar-refractivity contribution < 1.29 is 9.50 Å². The molecule has 0 saturated heterocycles. The lowest BCUT2D eigenvalue weighted by Crippen LogP contribution is -2.11. The van der Waals surface area contributed by atoms with Crippen molar-refractivity contribution in [3.63, 3.8) is 0 Å². The van der Waals surface area contributed by atoms with Crippen molar-refractivity contribution in [2.75, 3.05) is 0 Å². The van der Waals surface area contributed by atoms with E-state index in [0.717, 1.165) is 18.8 Å². The lowest BCUT2D eigenvalue weighted by molar-refractivity contribution is 0.173. The van der Waals surface area contributed by atoms with Crippen LogP contribution in [0.4, 0.5) is 4.39 Å². The highest BCUT2D eigenvalue weighted by molar-refractivity contribution is 14.1. The summed E-state index contributed by atoms with van der Waals surface area (Å²) in [4.78, 5) is 4.16. The standard InChI is InChI=1S/C13H15FIN3O/c1-2-5-18-13(16-8-17-18)7-12(19)10-4-3-9(14)6-11(10)15/h3-4,6,8,12,19H,2,5,7H2,1H3. The van der Waals surface area contributed by atoms with E-state index in [4.69, 9.17) is 0 Å². The van der Waals surface area contributed by atoms with Crippen LogP contribution in [0.25, 0.3) is 0 Å². The first-order chi connectivity index (χ1) is 9.11. The van der Waals surface area contributed by atoms with E-state index in [0.29, 0.717) is 15.6 Å². The molecule has 0 amide bonds. The van der Waals surface area contributed by atoms with Crippen LogP contribution < -0.4 is 0 Å². The molecule has 1 N–H and O–H groups in total. The van der Waals surface area contributed by atoms with Gasteiger partial charge < -0.3 is 5.11 Å². The molecule has 0 saturated carbocycles. The lowest BCUT2D eigenvalue weighted by Gasteiger charge is -2.13. The molecule has 1 atom stereocenters. The molecular weight excluding hydrogens is 360 g/mol. The predicted molar refractivity (Wildman–Crippen MR) is 78.1 cm³/mol. The fourth-order valence-electron chi connectivity index (χ4n) is 1.90. The van der Waals surface area contributed by atoms with Crippen molar-refractivity contribution in [3.8, 4) is 0 Å². The number of aryl methyl sites for hydroxylation is 1. The first kappa shape index (κ1) is 14.4. The molecule has 0 fully saturated rings. The molecule has 1 unspecified atom stereocenters. The van der Waals surface area contributed by atoms with Gasteiger partial charge in [0.2, 0.25) is 0 Å². The maximum Gasteiger partial charge on any atom is 0.138 e. The van der Waals surface area contributed by atoms with Crippen molar-refractivity contribution in [3.05, 3.63) is 45.3 Å². The third kappa shape index (κ3) is 3.50. The predicted octanol–water partition coefficient (Wildman–Crippen LogP) is 2.71. The fourth-order valence-corrected chi connectivity index (χ4v) is 2.74. The molecule has 1 aromatic heterocycles. The first-order valence-corrected chi connectivity index (χ1v) is 7.19. The molecule has 0 aliphatic heterocycles. The molecular formula is C13H15FIN3O. The van der Waals surface area contributed by atoms with Crippen LogP contribution in [0.1, 0.15) is 30.8 Å². The van der Waals surface area contributed by atoms with E-state index >= 15 is 0 Å². The summed E-state index contributed by atoms with van der Waals surface area (Å²) in [7, 11) is 0. The summed E-state index contributed by atoms with van der Waals surface area (Å²) in [6, 6.07) is 4.38. The number of aromatic nitrogens is 3. The van der Waals surface area contributed by atoms with Gasteiger partial charge in [0.15, 0.2) is 0 Å². The molecule has 0 bridgehead atoms. The molecule has 102 valence electrons. The van der Waals surface area contributed by atoms with Crippen LogP contribution in [-0.4, -0.2) is 19.9 Å². The van der Waals surface area contributed by atoms with Crippen molar-refractivity contribution in [1.29, 1.82) is 0 Å². The van der Waals surface area contributed by atoms with Crippen LogP contribution >= 0.6 is 22.6 Å². The van der Waals surface area contributed by atoms with E-state index in [1.807, 2.05) is 22.6 Å². The van der Waals surface area contributed by atoms with E-state index in [9.17, 15) is 9.50 Å². The molecule has 0 aliphatic rings. The highest BCUT2D eigenvalue weighted by Crippen LogP contribution is 2.23. The highest BCUT2D eigenvalue weighted by atomic mass is 127. The third-order valence-electron chi connectivity index (χ3n) is 2.83. The summed E-state index contributed by atoms with van der Waals surface area (Å²) in [5.74, 6) is 0.448. The topological polar surface area (TPSA) is 50.9 Å². The van der Waals surface area contributed by atoms with Gasteiger partial charge in [0.25, 0.3) is 0 Å². The SMILES string of the molecule is CCCn1ncnc1CC(O)c1ccc(F)cc1I. The van der Waals surface area contributed by atoms with Crippen LogP contribution in [-0.2, 0) is 13.0 Å². The fraction of sp³-hybridized carbons (Fsp3) is 0.385. The van der Waals surface area contributed by atoms with Crippen molar-refractivity contribution >= 4 is 22.6 Å². The Balaban J connectivity index is 2.16. The monoisotopic (exact) mass is 375 g/mol. The molecule has 4 nitrogen and oxygen atoms in total. The first-order valence-electron chi connectivity index (χ1n) is 6.11. The third-order valence-corrected chi connectivity index (χ3v) is 3.76. The van der Waals surface area contributed by atoms with Crippen molar-refractivity contribution in [2.45, 2.75) is 32.4 Å². The molecule has 1 aromatic carbocycles. The van der Waals surface area contributed by atoms with Crippen LogP contribution in [0.5, 0.6) is 0 Å². The van der Waals surface area contributed by atoms with E-state index in [2.05, 4.69) is 17.0 Å². The van der Waals surface area contributed by atoms with E-state index in [-0.39, 0.29) is 5.82 Å².